The molecule has 0 aromatic heterocycles. The molecule has 2 aromatic carbocycles. The Hall–Kier alpha value is -2.90. The van der Waals surface area contributed by atoms with Gasteiger partial charge in [0.1, 0.15) is 12.4 Å². The normalized spacial score (nSPS) is 22.8. The summed E-state index contributed by atoms with van der Waals surface area (Å²) in [5.41, 5.74) is 1.50. The zero-order chi connectivity index (χ0) is 23.3. The van der Waals surface area contributed by atoms with Crippen LogP contribution >= 0.6 is 0 Å². The maximum absolute atomic E-state index is 13.3. The largest absolute Gasteiger partial charge is 0.491 e. The molecule has 1 N–H and O–H groups in total. The molecule has 0 bridgehead atoms. The van der Waals surface area contributed by atoms with E-state index in [0.717, 1.165) is 6.54 Å². The molecule has 1 aliphatic rings. The minimum absolute atomic E-state index is 0.0941. The minimum Gasteiger partial charge on any atom is -0.491 e. The minimum atomic E-state index is -0.232. The summed E-state index contributed by atoms with van der Waals surface area (Å²) in [7, 11) is 5.52. The van der Waals surface area contributed by atoms with Crippen molar-refractivity contribution in [2.24, 2.45) is 5.92 Å². The van der Waals surface area contributed by atoms with Gasteiger partial charge in [-0.25, -0.2) is 0 Å². The molecule has 1 aliphatic heterocycles. The van der Waals surface area contributed by atoms with Crippen molar-refractivity contribution < 1.29 is 19.1 Å². The molecule has 2 aromatic rings. The molecular weight excluding hydrogens is 406 g/mol. The van der Waals surface area contributed by atoms with Gasteiger partial charge in [-0.1, -0.05) is 25.1 Å². The molecule has 2 amide bonds. The second-order valence-electron chi connectivity index (χ2n) is 8.57. The highest BCUT2D eigenvalue weighted by atomic mass is 16.5. The fourth-order valence-electron chi connectivity index (χ4n) is 3.83. The number of nitrogens with one attached hydrogen (secondary N) is 1. The van der Waals surface area contributed by atoms with Crippen LogP contribution in [0.1, 0.15) is 34.6 Å². The average molecular weight is 440 g/mol. The van der Waals surface area contributed by atoms with Crippen LogP contribution in [0.5, 0.6) is 5.75 Å². The number of hydrogen-bond acceptors (Lipinski definition) is 5. The fourth-order valence-corrected chi connectivity index (χ4v) is 3.83. The summed E-state index contributed by atoms with van der Waals surface area (Å²) in [5, 5.41) is 2.87. The van der Waals surface area contributed by atoms with Gasteiger partial charge < -0.3 is 19.7 Å². The van der Waals surface area contributed by atoms with E-state index in [0.29, 0.717) is 35.7 Å². The molecule has 0 saturated heterocycles. The molecule has 32 heavy (non-hydrogen) atoms. The van der Waals surface area contributed by atoms with E-state index in [1.54, 1.807) is 49.4 Å². The van der Waals surface area contributed by atoms with Crippen molar-refractivity contribution in [1.82, 2.24) is 9.80 Å². The van der Waals surface area contributed by atoms with Crippen LogP contribution in [0.4, 0.5) is 5.69 Å². The highest BCUT2D eigenvalue weighted by Crippen LogP contribution is 2.26. The number of nitrogens with zero attached hydrogens (tertiary/aromatic N) is 2. The van der Waals surface area contributed by atoms with Crippen LogP contribution in [-0.2, 0) is 4.74 Å². The van der Waals surface area contributed by atoms with Gasteiger partial charge >= 0.3 is 0 Å². The predicted molar refractivity (Wildman–Crippen MR) is 125 cm³/mol. The standard InChI is InChI=1S/C25H33N3O4/c1-17-14-27(3)18(2)16-32-22-12-11-20(26-24(29)19-9-7-6-8-10-19)13-21(22)25(30)28(4)15-23(17)31-5/h6-13,17-18,23H,14-16H2,1-5H3,(H,26,29)/t17-,18+,23-/m1/s1. The maximum Gasteiger partial charge on any atom is 0.257 e. The summed E-state index contributed by atoms with van der Waals surface area (Å²) < 4.78 is 11.8. The smallest absolute Gasteiger partial charge is 0.257 e. The second-order valence-corrected chi connectivity index (χ2v) is 8.57. The van der Waals surface area contributed by atoms with Crippen molar-refractivity contribution in [2.45, 2.75) is 26.0 Å². The quantitative estimate of drug-likeness (QED) is 0.794. The number of anilines is 1. The lowest BCUT2D eigenvalue weighted by molar-refractivity contribution is 0.0150. The molecule has 0 aliphatic carbocycles. The van der Waals surface area contributed by atoms with Crippen LogP contribution in [0, 0.1) is 5.92 Å². The van der Waals surface area contributed by atoms with Crippen LogP contribution in [0.15, 0.2) is 48.5 Å². The van der Waals surface area contributed by atoms with Gasteiger partial charge in [-0.3, -0.25) is 14.5 Å². The Kier molecular flexibility index (Phi) is 7.88. The lowest BCUT2D eigenvalue weighted by Crippen LogP contribution is -2.45. The molecule has 0 unspecified atom stereocenters. The Morgan fingerprint density at radius 3 is 2.50 bits per heavy atom. The van der Waals surface area contributed by atoms with E-state index >= 15 is 0 Å². The predicted octanol–water partition coefficient (Wildman–Crippen LogP) is 3.37. The third-order valence-electron chi connectivity index (χ3n) is 6.05. The number of amides is 2. The van der Waals surface area contributed by atoms with E-state index in [9.17, 15) is 9.59 Å². The summed E-state index contributed by atoms with van der Waals surface area (Å²) in [6.07, 6.45) is -0.0941. The monoisotopic (exact) mass is 439 g/mol. The number of carbonyl (C=O) groups excluding carboxylic acids is 2. The first-order chi connectivity index (χ1) is 15.3. The van der Waals surface area contributed by atoms with Gasteiger partial charge in [-0.15, -0.1) is 0 Å². The number of carbonyl (C=O) groups is 2. The van der Waals surface area contributed by atoms with Crippen molar-refractivity contribution in [3.8, 4) is 5.75 Å². The number of rotatable bonds is 3. The second kappa shape index (κ2) is 10.6. The zero-order valence-electron chi connectivity index (χ0n) is 19.5. The summed E-state index contributed by atoms with van der Waals surface area (Å²) in [6.45, 7) is 5.97. The van der Waals surface area contributed by atoms with Crippen LogP contribution in [0.2, 0.25) is 0 Å². The molecule has 7 nitrogen and oxygen atoms in total. The summed E-state index contributed by atoms with van der Waals surface area (Å²) in [6, 6.07) is 14.3. The van der Waals surface area contributed by atoms with Crippen LogP contribution in [0.25, 0.3) is 0 Å². The van der Waals surface area contributed by atoms with Crippen molar-refractivity contribution in [2.75, 3.05) is 46.2 Å². The number of likely N-dealkylation sites (N-methyl/N-ethyl adjacent to an activating group) is 2. The first-order valence-electron chi connectivity index (χ1n) is 10.9. The highest BCUT2D eigenvalue weighted by Gasteiger charge is 2.27. The number of hydrogen-bond donors (Lipinski definition) is 1. The van der Waals surface area contributed by atoms with E-state index < -0.39 is 0 Å². The molecule has 172 valence electrons. The third kappa shape index (κ3) is 5.66. The Morgan fingerprint density at radius 1 is 1.09 bits per heavy atom. The zero-order valence-corrected chi connectivity index (χ0v) is 19.5. The maximum atomic E-state index is 13.3. The van der Waals surface area contributed by atoms with Crippen molar-refractivity contribution in [1.29, 1.82) is 0 Å². The first-order valence-corrected chi connectivity index (χ1v) is 10.9. The number of ether oxygens (including phenoxy) is 2. The Morgan fingerprint density at radius 2 is 1.81 bits per heavy atom. The molecule has 0 radical (unpaired) electrons. The van der Waals surface area contributed by atoms with Gasteiger partial charge in [0, 0.05) is 44.5 Å². The van der Waals surface area contributed by atoms with Crippen LogP contribution in [0.3, 0.4) is 0 Å². The number of benzene rings is 2. The van der Waals surface area contributed by atoms with E-state index in [1.807, 2.05) is 18.2 Å². The van der Waals surface area contributed by atoms with Gasteiger partial charge in [-0.05, 0) is 50.2 Å². The third-order valence-corrected chi connectivity index (χ3v) is 6.05. The Bertz CT molecular complexity index is 934. The molecule has 3 rings (SSSR count). The Balaban J connectivity index is 1.91. The van der Waals surface area contributed by atoms with Gasteiger partial charge in [0.15, 0.2) is 0 Å². The van der Waals surface area contributed by atoms with E-state index in [-0.39, 0.29) is 29.9 Å². The van der Waals surface area contributed by atoms with E-state index in [2.05, 4.69) is 31.1 Å². The van der Waals surface area contributed by atoms with Gasteiger partial charge in [0.2, 0.25) is 0 Å². The highest BCUT2D eigenvalue weighted by molar-refractivity contribution is 6.05. The molecule has 0 spiro atoms. The fraction of sp³-hybridized carbons (Fsp3) is 0.440. The van der Waals surface area contributed by atoms with Gasteiger partial charge in [0.05, 0.1) is 11.7 Å². The molecule has 1 heterocycles. The molecule has 0 saturated carbocycles. The number of methoxy groups -OCH3 is 1. The SMILES string of the molecule is CO[C@@H]1CN(C)C(=O)c2cc(NC(=O)c3ccccc3)ccc2OC[C@H](C)N(C)C[C@H]1C. The Labute approximate surface area is 190 Å². The lowest BCUT2D eigenvalue weighted by atomic mass is 10.0. The number of fused-ring (bicyclic) bond motifs is 1. The molecule has 7 heteroatoms. The molecule has 0 fully saturated rings. The summed E-state index contributed by atoms with van der Waals surface area (Å²) in [5.74, 6) is 0.330. The van der Waals surface area contributed by atoms with Crippen molar-refractivity contribution in [3.63, 3.8) is 0 Å². The van der Waals surface area contributed by atoms with E-state index in [1.165, 1.54) is 0 Å². The summed E-state index contributed by atoms with van der Waals surface area (Å²) in [4.78, 5) is 29.8. The molecular formula is C25H33N3O4. The van der Waals surface area contributed by atoms with Crippen molar-refractivity contribution in [3.05, 3.63) is 59.7 Å². The topological polar surface area (TPSA) is 71.1 Å². The van der Waals surface area contributed by atoms with Crippen LogP contribution in [-0.4, -0.2) is 74.7 Å². The van der Waals surface area contributed by atoms with Gasteiger partial charge in [0.25, 0.3) is 11.8 Å². The molecule has 3 atom stereocenters. The van der Waals surface area contributed by atoms with Gasteiger partial charge in [-0.2, -0.15) is 0 Å². The van der Waals surface area contributed by atoms with E-state index in [4.69, 9.17) is 9.47 Å². The van der Waals surface area contributed by atoms with Crippen molar-refractivity contribution >= 4 is 17.5 Å². The average Bonchev–Trinajstić information content (AvgIpc) is 2.80. The lowest BCUT2D eigenvalue weighted by Gasteiger charge is -2.34. The van der Waals surface area contributed by atoms with Crippen LogP contribution < -0.4 is 10.1 Å². The first kappa shape index (κ1) is 23.8. The summed E-state index contributed by atoms with van der Waals surface area (Å²) >= 11 is 0.